The highest BCUT2D eigenvalue weighted by atomic mass is 79.9. The van der Waals surface area contributed by atoms with E-state index >= 15 is 0 Å². The summed E-state index contributed by atoms with van der Waals surface area (Å²) in [4.78, 5) is 0. The maximum atomic E-state index is 13.4. The van der Waals surface area contributed by atoms with Crippen LogP contribution in [0.3, 0.4) is 0 Å². The molecule has 1 aliphatic rings. The first kappa shape index (κ1) is 13.8. The maximum absolute atomic E-state index is 13.4. The smallest absolute Gasteiger partial charge is 0.137 e. The van der Waals surface area contributed by atoms with Gasteiger partial charge in [-0.05, 0) is 64.5 Å². The van der Waals surface area contributed by atoms with Crippen molar-refractivity contribution in [2.24, 2.45) is 5.92 Å². The molecule has 104 valence electrons. The first-order valence-corrected chi connectivity index (χ1v) is 7.67. The van der Waals surface area contributed by atoms with Gasteiger partial charge in [-0.25, -0.2) is 4.39 Å². The van der Waals surface area contributed by atoms with Crippen molar-refractivity contribution in [3.05, 3.63) is 69.9 Å². The van der Waals surface area contributed by atoms with E-state index in [0.29, 0.717) is 16.3 Å². The third-order valence-electron chi connectivity index (χ3n) is 4.11. The van der Waals surface area contributed by atoms with E-state index in [1.54, 1.807) is 0 Å². The quantitative estimate of drug-likeness (QED) is 0.858. The van der Waals surface area contributed by atoms with Crippen LogP contribution in [0.1, 0.15) is 29.5 Å². The Morgan fingerprint density at radius 2 is 1.95 bits per heavy atom. The van der Waals surface area contributed by atoms with Crippen molar-refractivity contribution >= 4 is 15.9 Å². The highest BCUT2D eigenvalue weighted by molar-refractivity contribution is 9.10. The molecule has 0 amide bonds. The third-order valence-corrected chi connectivity index (χ3v) is 4.72. The average molecular weight is 334 g/mol. The van der Waals surface area contributed by atoms with Crippen molar-refractivity contribution in [1.29, 1.82) is 0 Å². The molecule has 1 nitrogen and oxygen atoms in total. The van der Waals surface area contributed by atoms with Gasteiger partial charge in [-0.15, -0.1) is 0 Å². The van der Waals surface area contributed by atoms with E-state index < -0.39 is 0 Å². The Labute approximate surface area is 127 Å². The van der Waals surface area contributed by atoms with Crippen LogP contribution in [0.25, 0.3) is 0 Å². The van der Waals surface area contributed by atoms with E-state index in [9.17, 15) is 4.39 Å². The number of hydrogen-bond acceptors (Lipinski definition) is 1. The lowest BCUT2D eigenvalue weighted by atomic mass is 9.99. The van der Waals surface area contributed by atoms with Crippen molar-refractivity contribution in [2.45, 2.75) is 18.4 Å². The van der Waals surface area contributed by atoms with Gasteiger partial charge in [-0.1, -0.05) is 36.4 Å². The zero-order valence-electron chi connectivity index (χ0n) is 11.3. The molecule has 1 fully saturated rings. The van der Waals surface area contributed by atoms with Gasteiger partial charge in [-0.2, -0.15) is 0 Å². The van der Waals surface area contributed by atoms with Crippen molar-refractivity contribution < 1.29 is 4.39 Å². The summed E-state index contributed by atoms with van der Waals surface area (Å²) in [5.74, 6) is 0.983. The molecule has 3 rings (SSSR count). The molecule has 0 saturated heterocycles. The van der Waals surface area contributed by atoms with Gasteiger partial charge in [0.05, 0.1) is 4.47 Å². The summed E-state index contributed by atoms with van der Waals surface area (Å²) < 4.78 is 13.9. The van der Waals surface area contributed by atoms with E-state index in [2.05, 4.69) is 45.5 Å². The summed E-state index contributed by atoms with van der Waals surface area (Å²) in [5, 5.41) is 3.38. The molecule has 2 aromatic carbocycles. The van der Waals surface area contributed by atoms with E-state index in [-0.39, 0.29) is 11.9 Å². The fourth-order valence-corrected chi connectivity index (χ4v) is 3.40. The molecule has 3 unspecified atom stereocenters. The van der Waals surface area contributed by atoms with Crippen LogP contribution in [0.5, 0.6) is 0 Å². The van der Waals surface area contributed by atoms with Gasteiger partial charge in [0.25, 0.3) is 0 Å². The monoisotopic (exact) mass is 333 g/mol. The zero-order valence-corrected chi connectivity index (χ0v) is 12.9. The number of hydrogen-bond donors (Lipinski definition) is 1. The van der Waals surface area contributed by atoms with Crippen molar-refractivity contribution in [3.63, 3.8) is 0 Å². The Kier molecular flexibility index (Phi) is 3.90. The Morgan fingerprint density at radius 1 is 1.20 bits per heavy atom. The highest BCUT2D eigenvalue weighted by Crippen LogP contribution is 2.54. The molecular weight excluding hydrogens is 317 g/mol. The molecular formula is C17H17BrFN. The van der Waals surface area contributed by atoms with Crippen LogP contribution in [0.2, 0.25) is 0 Å². The largest absolute Gasteiger partial charge is 0.313 e. The van der Waals surface area contributed by atoms with Crippen molar-refractivity contribution in [1.82, 2.24) is 5.32 Å². The highest BCUT2D eigenvalue weighted by Gasteiger charge is 2.43. The molecule has 1 saturated carbocycles. The number of rotatable bonds is 4. The Hall–Kier alpha value is -1.19. The summed E-state index contributed by atoms with van der Waals surface area (Å²) in [6.07, 6.45) is 1.19. The lowest BCUT2D eigenvalue weighted by Gasteiger charge is -2.17. The molecule has 0 aromatic heterocycles. The van der Waals surface area contributed by atoms with Gasteiger partial charge in [0.1, 0.15) is 5.82 Å². The standard InChI is InChI=1S/C17H17BrFN/c1-20-17(12-7-8-16(19)15(18)9-12)14-10-13(14)11-5-3-2-4-6-11/h2-9,13-14,17,20H,10H2,1H3. The molecule has 0 aliphatic heterocycles. The number of benzene rings is 2. The van der Waals surface area contributed by atoms with Crippen LogP contribution in [0.4, 0.5) is 4.39 Å². The maximum Gasteiger partial charge on any atom is 0.137 e. The van der Waals surface area contributed by atoms with Gasteiger partial charge in [0.15, 0.2) is 0 Å². The minimum atomic E-state index is -0.209. The van der Waals surface area contributed by atoms with E-state index in [1.807, 2.05) is 25.2 Å². The van der Waals surface area contributed by atoms with Crippen LogP contribution in [-0.2, 0) is 0 Å². The molecule has 20 heavy (non-hydrogen) atoms. The summed E-state index contributed by atoms with van der Waals surface area (Å²) >= 11 is 3.27. The van der Waals surface area contributed by atoms with E-state index in [0.717, 1.165) is 5.56 Å². The normalized spacial score (nSPS) is 22.6. The van der Waals surface area contributed by atoms with E-state index in [4.69, 9.17) is 0 Å². The molecule has 3 heteroatoms. The summed E-state index contributed by atoms with van der Waals surface area (Å²) in [6, 6.07) is 16.2. The predicted molar refractivity (Wildman–Crippen MR) is 83.2 cm³/mol. The lowest BCUT2D eigenvalue weighted by molar-refractivity contribution is 0.515. The van der Waals surface area contributed by atoms with Crippen LogP contribution in [0, 0.1) is 11.7 Å². The molecule has 2 aromatic rings. The second kappa shape index (κ2) is 5.66. The van der Waals surface area contributed by atoms with E-state index in [1.165, 1.54) is 18.1 Å². The van der Waals surface area contributed by atoms with Crippen LogP contribution in [-0.4, -0.2) is 7.05 Å². The van der Waals surface area contributed by atoms with Gasteiger partial charge < -0.3 is 5.32 Å². The second-order valence-electron chi connectivity index (χ2n) is 5.36. The molecule has 0 bridgehead atoms. The van der Waals surface area contributed by atoms with Gasteiger partial charge in [0, 0.05) is 6.04 Å². The van der Waals surface area contributed by atoms with Gasteiger partial charge in [0.2, 0.25) is 0 Å². The molecule has 3 atom stereocenters. The minimum absolute atomic E-state index is 0.209. The molecule has 1 N–H and O–H groups in total. The molecule has 0 radical (unpaired) electrons. The zero-order chi connectivity index (χ0) is 14.1. The summed E-state index contributed by atoms with van der Waals surface area (Å²) in [7, 11) is 1.97. The van der Waals surface area contributed by atoms with Gasteiger partial charge in [-0.3, -0.25) is 0 Å². The fourth-order valence-electron chi connectivity index (χ4n) is 3.00. The molecule has 1 aliphatic carbocycles. The third kappa shape index (κ3) is 2.65. The van der Waals surface area contributed by atoms with Crippen LogP contribution >= 0.6 is 15.9 Å². The van der Waals surface area contributed by atoms with Crippen LogP contribution < -0.4 is 5.32 Å². The second-order valence-corrected chi connectivity index (χ2v) is 6.21. The summed E-state index contributed by atoms with van der Waals surface area (Å²) in [6.45, 7) is 0. The Bertz CT molecular complexity index is 599. The first-order valence-electron chi connectivity index (χ1n) is 6.88. The fraction of sp³-hybridized carbons (Fsp3) is 0.294. The lowest BCUT2D eigenvalue weighted by Crippen LogP contribution is -2.19. The predicted octanol–water partition coefficient (Wildman–Crippen LogP) is 4.65. The number of nitrogens with one attached hydrogen (secondary N) is 1. The van der Waals surface area contributed by atoms with Gasteiger partial charge >= 0.3 is 0 Å². The average Bonchev–Trinajstić information content (AvgIpc) is 3.25. The minimum Gasteiger partial charge on any atom is -0.313 e. The number of halogens is 2. The topological polar surface area (TPSA) is 12.0 Å². The van der Waals surface area contributed by atoms with Crippen molar-refractivity contribution in [3.8, 4) is 0 Å². The SMILES string of the molecule is CNC(c1ccc(F)c(Br)c1)C1CC1c1ccccc1. The first-order chi connectivity index (χ1) is 9.70. The van der Waals surface area contributed by atoms with Crippen molar-refractivity contribution in [2.75, 3.05) is 7.05 Å². The molecule has 0 heterocycles. The Morgan fingerprint density at radius 3 is 2.60 bits per heavy atom. The van der Waals surface area contributed by atoms with Crippen LogP contribution in [0.15, 0.2) is 53.0 Å². The summed E-state index contributed by atoms with van der Waals surface area (Å²) in [5.41, 5.74) is 2.54. The Balaban J connectivity index is 1.80. The molecule has 0 spiro atoms.